The van der Waals surface area contributed by atoms with Gasteiger partial charge in [0, 0.05) is 42.8 Å². The Balaban J connectivity index is 1.67. The zero-order chi connectivity index (χ0) is 14.8. The molecule has 0 amide bonds. The van der Waals surface area contributed by atoms with Gasteiger partial charge in [0.25, 0.3) is 0 Å². The molecule has 0 spiro atoms. The summed E-state index contributed by atoms with van der Waals surface area (Å²) in [6.07, 6.45) is 8.37. The Morgan fingerprint density at radius 1 is 1.38 bits per heavy atom. The molecule has 0 aromatic carbocycles. The lowest BCUT2D eigenvalue weighted by atomic mass is 9.97. The van der Waals surface area contributed by atoms with Crippen molar-refractivity contribution in [2.24, 2.45) is 0 Å². The van der Waals surface area contributed by atoms with Crippen LogP contribution in [0.3, 0.4) is 0 Å². The number of imidazole rings is 2. The Hall–Kier alpha value is -1.62. The average Bonchev–Trinajstić information content (AvgIpc) is 3.08. The lowest BCUT2D eigenvalue weighted by molar-refractivity contribution is 0.189. The Morgan fingerprint density at radius 2 is 2.24 bits per heavy atom. The van der Waals surface area contributed by atoms with Crippen LogP contribution in [0.2, 0.25) is 0 Å². The molecule has 1 aliphatic rings. The van der Waals surface area contributed by atoms with Crippen molar-refractivity contribution in [3.63, 3.8) is 0 Å². The Kier molecular flexibility index (Phi) is 4.10. The summed E-state index contributed by atoms with van der Waals surface area (Å²) in [4.78, 5) is 14.9. The zero-order valence-corrected chi connectivity index (χ0v) is 13.2. The second kappa shape index (κ2) is 6.02. The van der Waals surface area contributed by atoms with Crippen LogP contribution in [-0.2, 0) is 6.54 Å². The number of hydrogen-bond donors (Lipinski definition) is 1. The van der Waals surface area contributed by atoms with Crippen molar-refractivity contribution >= 4 is 0 Å². The molecule has 0 aliphatic carbocycles. The lowest BCUT2D eigenvalue weighted by Gasteiger charge is -2.31. The van der Waals surface area contributed by atoms with Gasteiger partial charge in [0.2, 0.25) is 0 Å². The second-order valence-corrected chi connectivity index (χ2v) is 6.37. The third-order valence-electron chi connectivity index (χ3n) is 4.28. The highest BCUT2D eigenvalue weighted by atomic mass is 15.2. The molecule has 3 rings (SSSR count). The number of likely N-dealkylation sites (tertiary alicyclic amines) is 1. The van der Waals surface area contributed by atoms with E-state index in [1.165, 1.54) is 18.7 Å². The third-order valence-corrected chi connectivity index (χ3v) is 4.28. The van der Waals surface area contributed by atoms with Gasteiger partial charge in [0.1, 0.15) is 11.6 Å². The van der Waals surface area contributed by atoms with E-state index in [0.717, 1.165) is 31.2 Å². The molecule has 2 aromatic rings. The van der Waals surface area contributed by atoms with Crippen LogP contribution < -0.4 is 0 Å². The van der Waals surface area contributed by atoms with E-state index in [4.69, 9.17) is 0 Å². The molecule has 0 radical (unpaired) electrons. The highest BCUT2D eigenvalue weighted by Crippen LogP contribution is 2.26. The predicted octanol–water partition coefficient (Wildman–Crippen LogP) is 2.88. The molecule has 0 bridgehead atoms. The fourth-order valence-corrected chi connectivity index (χ4v) is 3.20. The Bertz CT molecular complexity index is 583. The van der Waals surface area contributed by atoms with Crippen molar-refractivity contribution in [3.05, 3.63) is 35.9 Å². The molecule has 1 fully saturated rings. The number of piperidine rings is 1. The van der Waals surface area contributed by atoms with E-state index in [0.29, 0.717) is 12.0 Å². The van der Waals surface area contributed by atoms with E-state index >= 15 is 0 Å². The van der Waals surface area contributed by atoms with Crippen molar-refractivity contribution < 1.29 is 0 Å². The molecule has 2 aromatic heterocycles. The lowest BCUT2D eigenvalue weighted by Crippen LogP contribution is -2.35. The Morgan fingerprint density at radius 3 is 2.95 bits per heavy atom. The SMILES string of the molecule is Cc1cnc([C@H]2CCCN(Cc3nccn3C(C)C)C2)[nH]1. The van der Waals surface area contributed by atoms with Crippen LogP contribution in [0.15, 0.2) is 18.6 Å². The van der Waals surface area contributed by atoms with Gasteiger partial charge in [-0.15, -0.1) is 0 Å². The molecule has 1 N–H and O–H groups in total. The fourth-order valence-electron chi connectivity index (χ4n) is 3.20. The summed E-state index contributed by atoms with van der Waals surface area (Å²) in [7, 11) is 0. The van der Waals surface area contributed by atoms with Gasteiger partial charge in [0.05, 0.1) is 6.54 Å². The van der Waals surface area contributed by atoms with Crippen molar-refractivity contribution in [1.29, 1.82) is 0 Å². The largest absolute Gasteiger partial charge is 0.346 e. The normalized spacial score (nSPS) is 20.3. The summed E-state index contributed by atoms with van der Waals surface area (Å²) in [5, 5.41) is 0. The van der Waals surface area contributed by atoms with Crippen LogP contribution in [0.4, 0.5) is 0 Å². The number of nitrogens with one attached hydrogen (secondary N) is 1. The van der Waals surface area contributed by atoms with E-state index in [1.807, 2.05) is 12.4 Å². The molecule has 5 heteroatoms. The van der Waals surface area contributed by atoms with E-state index < -0.39 is 0 Å². The minimum atomic E-state index is 0.468. The van der Waals surface area contributed by atoms with Gasteiger partial charge in [-0.3, -0.25) is 4.90 Å². The monoisotopic (exact) mass is 287 g/mol. The number of H-pyrrole nitrogens is 1. The first kappa shape index (κ1) is 14.3. The van der Waals surface area contributed by atoms with Gasteiger partial charge in [-0.05, 0) is 40.2 Å². The van der Waals surface area contributed by atoms with Crippen LogP contribution in [-0.4, -0.2) is 37.5 Å². The maximum absolute atomic E-state index is 4.53. The van der Waals surface area contributed by atoms with Gasteiger partial charge >= 0.3 is 0 Å². The molecule has 21 heavy (non-hydrogen) atoms. The predicted molar refractivity (Wildman–Crippen MR) is 83.2 cm³/mol. The number of aryl methyl sites for hydroxylation is 1. The third kappa shape index (κ3) is 3.18. The first-order valence-electron chi connectivity index (χ1n) is 7.89. The molecule has 0 unspecified atom stereocenters. The number of hydrogen-bond acceptors (Lipinski definition) is 3. The minimum Gasteiger partial charge on any atom is -0.346 e. The maximum Gasteiger partial charge on any atom is 0.123 e. The van der Waals surface area contributed by atoms with E-state index in [2.05, 4.69) is 51.4 Å². The van der Waals surface area contributed by atoms with Gasteiger partial charge in [-0.1, -0.05) is 0 Å². The second-order valence-electron chi connectivity index (χ2n) is 6.37. The van der Waals surface area contributed by atoms with E-state index in [1.54, 1.807) is 0 Å². The smallest absolute Gasteiger partial charge is 0.123 e. The summed E-state index contributed by atoms with van der Waals surface area (Å²) in [6, 6.07) is 0.468. The van der Waals surface area contributed by atoms with Gasteiger partial charge in [-0.2, -0.15) is 0 Å². The molecule has 3 heterocycles. The van der Waals surface area contributed by atoms with Crippen LogP contribution in [0, 0.1) is 6.92 Å². The van der Waals surface area contributed by atoms with Gasteiger partial charge in [-0.25, -0.2) is 9.97 Å². The average molecular weight is 287 g/mol. The van der Waals surface area contributed by atoms with Crippen molar-refractivity contribution in [3.8, 4) is 0 Å². The van der Waals surface area contributed by atoms with Crippen LogP contribution >= 0.6 is 0 Å². The topological polar surface area (TPSA) is 49.7 Å². The zero-order valence-electron chi connectivity index (χ0n) is 13.2. The summed E-state index contributed by atoms with van der Waals surface area (Å²) in [6.45, 7) is 9.63. The van der Waals surface area contributed by atoms with Gasteiger partial charge in [0.15, 0.2) is 0 Å². The highest BCUT2D eigenvalue weighted by Gasteiger charge is 2.24. The molecule has 0 saturated carbocycles. The summed E-state index contributed by atoms with van der Waals surface area (Å²) < 4.78 is 2.26. The van der Waals surface area contributed by atoms with Crippen LogP contribution in [0.25, 0.3) is 0 Å². The number of rotatable bonds is 4. The van der Waals surface area contributed by atoms with Crippen LogP contribution in [0.1, 0.15) is 56.0 Å². The molecule has 114 valence electrons. The summed E-state index contributed by atoms with van der Waals surface area (Å²) in [5.74, 6) is 2.83. The summed E-state index contributed by atoms with van der Waals surface area (Å²) in [5.41, 5.74) is 1.15. The number of aromatic nitrogens is 4. The van der Waals surface area contributed by atoms with Crippen molar-refractivity contribution in [1.82, 2.24) is 24.4 Å². The Labute approximate surface area is 126 Å². The molecular weight excluding hydrogens is 262 g/mol. The number of nitrogens with zero attached hydrogens (tertiary/aromatic N) is 4. The molecular formula is C16H25N5. The molecule has 1 aliphatic heterocycles. The van der Waals surface area contributed by atoms with Gasteiger partial charge < -0.3 is 9.55 Å². The molecule has 1 saturated heterocycles. The van der Waals surface area contributed by atoms with Crippen molar-refractivity contribution in [2.45, 2.75) is 52.1 Å². The fraction of sp³-hybridized carbons (Fsp3) is 0.625. The number of aromatic amines is 1. The minimum absolute atomic E-state index is 0.468. The molecule has 1 atom stereocenters. The highest BCUT2D eigenvalue weighted by molar-refractivity contribution is 5.06. The van der Waals surface area contributed by atoms with Crippen LogP contribution in [0.5, 0.6) is 0 Å². The first-order valence-corrected chi connectivity index (χ1v) is 7.89. The maximum atomic E-state index is 4.53. The standard InChI is InChI=1S/C16H25N5/c1-12(2)21-8-6-17-15(21)11-20-7-4-5-14(10-20)16-18-9-13(3)19-16/h6,8-9,12,14H,4-5,7,10-11H2,1-3H3,(H,18,19)/t14-/m0/s1. The quantitative estimate of drug-likeness (QED) is 0.940. The van der Waals surface area contributed by atoms with E-state index in [-0.39, 0.29) is 0 Å². The first-order chi connectivity index (χ1) is 10.1. The summed E-state index contributed by atoms with van der Waals surface area (Å²) >= 11 is 0. The van der Waals surface area contributed by atoms with E-state index in [9.17, 15) is 0 Å². The van der Waals surface area contributed by atoms with Crippen molar-refractivity contribution in [2.75, 3.05) is 13.1 Å². The molecule has 5 nitrogen and oxygen atoms in total.